The molecule has 0 aromatic heterocycles. The van der Waals surface area contributed by atoms with Gasteiger partial charge in [0.05, 0.1) is 24.8 Å². The Bertz CT molecular complexity index is 797. The number of hydrogen-bond acceptors (Lipinski definition) is 4. The van der Waals surface area contributed by atoms with Crippen LogP contribution in [0, 0.1) is 5.82 Å². The predicted molar refractivity (Wildman–Crippen MR) is 106 cm³/mol. The number of likely N-dealkylation sites (N-methyl/N-ethyl adjacent to an activating group) is 1. The number of amides is 1. The molecule has 0 saturated carbocycles. The van der Waals surface area contributed by atoms with Gasteiger partial charge < -0.3 is 15.0 Å². The van der Waals surface area contributed by atoms with Gasteiger partial charge in [-0.05, 0) is 36.9 Å². The summed E-state index contributed by atoms with van der Waals surface area (Å²) in [5, 5.41) is 2.73. The van der Waals surface area contributed by atoms with Crippen LogP contribution in [0.25, 0.3) is 0 Å². The predicted octanol–water partition coefficient (Wildman–Crippen LogP) is 3.39. The second-order valence-electron chi connectivity index (χ2n) is 6.58. The number of benzene rings is 2. The quantitative estimate of drug-likeness (QED) is 0.819. The molecule has 0 bridgehead atoms. The summed E-state index contributed by atoms with van der Waals surface area (Å²) < 4.78 is 18.6. The number of para-hydroxylation sites is 1. The molecule has 144 valence electrons. The Morgan fingerprint density at radius 2 is 2.00 bits per heavy atom. The summed E-state index contributed by atoms with van der Waals surface area (Å²) in [5.41, 5.74) is 2.83. The third kappa shape index (κ3) is 5.42. The van der Waals surface area contributed by atoms with Crippen LogP contribution in [0.4, 0.5) is 15.8 Å². The number of nitrogens with one attached hydrogen (secondary N) is 1. The van der Waals surface area contributed by atoms with Crippen LogP contribution in [0.15, 0.2) is 42.5 Å². The molecular weight excluding hydrogens is 369 g/mol. The standard InChI is InChI=1S/C20H23ClFN3O2/c1-24(14-20(26)23-16-6-7-18(22)17(21)12-16)13-15-4-2-3-5-19(15)25-8-10-27-11-9-25/h2-7,12H,8-11,13-14H2,1H3,(H,23,26). The van der Waals surface area contributed by atoms with E-state index in [9.17, 15) is 9.18 Å². The molecule has 1 amide bonds. The van der Waals surface area contributed by atoms with Gasteiger partial charge >= 0.3 is 0 Å². The molecule has 2 aromatic rings. The summed E-state index contributed by atoms with van der Waals surface area (Å²) in [5.74, 6) is -0.685. The normalized spacial score (nSPS) is 14.4. The largest absolute Gasteiger partial charge is 0.378 e. The van der Waals surface area contributed by atoms with Gasteiger partial charge in [-0.1, -0.05) is 29.8 Å². The highest BCUT2D eigenvalue weighted by Crippen LogP contribution is 2.23. The molecule has 1 aliphatic rings. The van der Waals surface area contributed by atoms with Crippen LogP contribution in [0.2, 0.25) is 5.02 Å². The Kier molecular flexibility index (Phi) is 6.66. The lowest BCUT2D eigenvalue weighted by Crippen LogP contribution is -2.37. The number of halogens is 2. The summed E-state index contributed by atoms with van der Waals surface area (Å²) in [6, 6.07) is 12.4. The lowest BCUT2D eigenvalue weighted by atomic mass is 10.1. The Morgan fingerprint density at radius 1 is 1.26 bits per heavy atom. The molecule has 0 spiro atoms. The Morgan fingerprint density at radius 3 is 2.74 bits per heavy atom. The number of hydrogen-bond donors (Lipinski definition) is 1. The van der Waals surface area contributed by atoms with Crippen molar-refractivity contribution >= 4 is 28.9 Å². The van der Waals surface area contributed by atoms with Crippen LogP contribution in [0.5, 0.6) is 0 Å². The highest BCUT2D eigenvalue weighted by atomic mass is 35.5. The van der Waals surface area contributed by atoms with Gasteiger partial charge in [0.2, 0.25) is 5.91 Å². The minimum absolute atomic E-state index is 0.0133. The molecule has 0 aliphatic carbocycles. The molecule has 1 saturated heterocycles. The molecule has 1 fully saturated rings. The first-order valence-corrected chi connectivity index (χ1v) is 9.25. The number of anilines is 2. The van der Waals surface area contributed by atoms with Crippen molar-refractivity contribution in [3.8, 4) is 0 Å². The first kappa shape index (κ1) is 19.6. The molecule has 1 aliphatic heterocycles. The van der Waals surface area contributed by atoms with Crippen molar-refractivity contribution < 1.29 is 13.9 Å². The van der Waals surface area contributed by atoms with Crippen LogP contribution in [-0.2, 0) is 16.1 Å². The fourth-order valence-corrected chi connectivity index (χ4v) is 3.30. The Hall–Kier alpha value is -2.15. The van der Waals surface area contributed by atoms with Gasteiger partial charge in [0.15, 0.2) is 0 Å². The lowest BCUT2D eigenvalue weighted by Gasteiger charge is -2.31. The maximum Gasteiger partial charge on any atom is 0.238 e. The van der Waals surface area contributed by atoms with Crippen LogP contribution in [0.1, 0.15) is 5.56 Å². The van der Waals surface area contributed by atoms with E-state index in [1.807, 2.05) is 24.1 Å². The van der Waals surface area contributed by atoms with Crippen molar-refractivity contribution in [2.75, 3.05) is 50.1 Å². The van der Waals surface area contributed by atoms with Gasteiger partial charge in [-0.3, -0.25) is 9.69 Å². The summed E-state index contributed by atoms with van der Waals surface area (Å²) in [6.07, 6.45) is 0. The smallest absolute Gasteiger partial charge is 0.238 e. The number of carbonyl (C=O) groups is 1. The van der Waals surface area contributed by atoms with Crippen LogP contribution in [0.3, 0.4) is 0 Å². The average molecular weight is 392 g/mol. The lowest BCUT2D eigenvalue weighted by molar-refractivity contribution is -0.117. The summed E-state index contributed by atoms with van der Waals surface area (Å²) >= 11 is 5.75. The van der Waals surface area contributed by atoms with Gasteiger partial charge in [-0.15, -0.1) is 0 Å². The van der Waals surface area contributed by atoms with Crippen molar-refractivity contribution in [3.05, 3.63) is 58.9 Å². The molecule has 7 heteroatoms. The Balaban J connectivity index is 1.59. The topological polar surface area (TPSA) is 44.8 Å². The van der Waals surface area contributed by atoms with Gasteiger partial charge in [0.1, 0.15) is 5.82 Å². The van der Waals surface area contributed by atoms with E-state index in [1.165, 1.54) is 29.4 Å². The van der Waals surface area contributed by atoms with Crippen LogP contribution in [-0.4, -0.2) is 50.7 Å². The molecule has 3 rings (SSSR count). The van der Waals surface area contributed by atoms with E-state index in [1.54, 1.807) is 0 Å². The minimum atomic E-state index is -0.508. The van der Waals surface area contributed by atoms with Gasteiger partial charge in [0.25, 0.3) is 0 Å². The second kappa shape index (κ2) is 9.17. The average Bonchev–Trinajstić information content (AvgIpc) is 2.66. The molecule has 1 N–H and O–H groups in total. The number of carbonyl (C=O) groups excluding carboxylic acids is 1. The first-order valence-electron chi connectivity index (χ1n) is 8.87. The first-order chi connectivity index (χ1) is 13.0. The SMILES string of the molecule is CN(CC(=O)Nc1ccc(F)c(Cl)c1)Cc1ccccc1N1CCOCC1. The van der Waals surface area contributed by atoms with E-state index in [2.05, 4.69) is 22.3 Å². The number of rotatable bonds is 6. The molecule has 27 heavy (non-hydrogen) atoms. The van der Waals surface area contributed by atoms with Crippen LogP contribution < -0.4 is 10.2 Å². The summed E-state index contributed by atoms with van der Waals surface area (Å²) in [6.45, 7) is 4.05. The molecule has 0 atom stereocenters. The van der Waals surface area contributed by atoms with E-state index >= 15 is 0 Å². The zero-order chi connectivity index (χ0) is 19.2. The van der Waals surface area contributed by atoms with Crippen molar-refractivity contribution in [2.24, 2.45) is 0 Å². The summed E-state index contributed by atoms with van der Waals surface area (Å²) in [7, 11) is 1.90. The van der Waals surface area contributed by atoms with E-state index in [-0.39, 0.29) is 17.5 Å². The zero-order valence-corrected chi connectivity index (χ0v) is 16.0. The third-order valence-electron chi connectivity index (χ3n) is 4.40. The maximum atomic E-state index is 13.2. The molecular formula is C20H23ClFN3O2. The van der Waals surface area contributed by atoms with E-state index in [0.29, 0.717) is 12.2 Å². The number of ether oxygens (including phenoxy) is 1. The fourth-order valence-electron chi connectivity index (χ4n) is 3.12. The number of morpholine rings is 1. The molecule has 0 radical (unpaired) electrons. The Labute approximate surface area is 163 Å². The van der Waals surface area contributed by atoms with Gasteiger partial charge in [-0.25, -0.2) is 4.39 Å². The molecule has 0 unspecified atom stereocenters. The summed E-state index contributed by atoms with van der Waals surface area (Å²) in [4.78, 5) is 16.5. The fraction of sp³-hybridized carbons (Fsp3) is 0.350. The highest BCUT2D eigenvalue weighted by molar-refractivity contribution is 6.31. The van der Waals surface area contributed by atoms with E-state index in [0.717, 1.165) is 26.3 Å². The minimum Gasteiger partial charge on any atom is -0.378 e. The van der Waals surface area contributed by atoms with Crippen molar-refractivity contribution in [1.82, 2.24) is 4.90 Å². The molecule has 5 nitrogen and oxygen atoms in total. The number of nitrogens with zero attached hydrogens (tertiary/aromatic N) is 2. The van der Waals surface area contributed by atoms with Crippen LogP contribution >= 0.6 is 11.6 Å². The highest BCUT2D eigenvalue weighted by Gasteiger charge is 2.16. The monoisotopic (exact) mass is 391 g/mol. The second-order valence-corrected chi connectivity index (χ2v) is 6.98. The van der Waals surface area contributed by atoms with Gasteiger partial charge in [0, 0.05) is 31.0 Å². The van der Waals surface area contributed by atoms with E-state index in [4.69, 9.17) is 16.3 Å². The van der Waals surface area contributed by atoms with E-state index < -0.39 is 5.82 Å². The maximum absolute atomic E-state index is 13.2. The van der Waals surface area contributed by atoms with Gasteiger partial charge in [-0.2, -0.15) is 0 Å². The van der Waals surface area contributed by atoms with Crippen molar-refractivity contribution in [1.29, 1.82) is 0 Å². The molecule has 1 heterocycles. The third-order valence-corrected chi connectivity index (χ3v) is 4.69. The van der Waals surface area contributed by atoms with Crippen molar-refractivity contribution in [2.45, 2.75) is 6.54 Å². The molecule has 2 aromatic carbocycles. The zero-order valence-electron chi connectivity index (χ0n) is 15.3. The van der Waals surface area contributed by atoms with Crippen molar-refractivity contribution in [3.63, 3.8) is 0 Å².